The van der Waals surface area contributed by atoms with E-state index >= 15 is 4.39 Å². The van der Waals surface area contributed by atoms with Crippen LogP contribution in [0.5, 0.6) is 5.88 Å². The molecule has 2 aliphatic heterocycles. The molecule has 8 nitrogen and oxygen atoms in total. The van der Waals surface area contributed by atoms with Crippen LogP contribution in [0.3, 0.4) is 0 Å². The molecule has 2 aliphatic rings. The molecule has 6 rings (SSSR count). The summed E-state index contributed by atoms with van der Waals surface area (Å²) in [4.78, 5) is 33.4. The number of hydrogen-bond acceptors (Lipinski definition) is 7. The minimum Gasteiger partial charge on any atom is -0.472 e. The Bertz CT molecular complexity index is 1520. The number of aromatic nitrogens is 5. The van der Waals surface area contributed by atoms with Crippen molar-refractivity contribution in [2.45, 2.75) is 38.8 Å². The quantitative estimate of drug-likeness (QED) is 0.426. The first-order chi connectivity index (χ1) is 17.0. The van der Waals surface area contributed by atoms with Crippen LogP contribution in [0.25, 0.3) is 22.2 Å². The molecule has 35 heavy (non-hydrogen) atoms. The van der Waals surface area contributed by atoms with E-state index in [1.54, 1.807) is 35.0 Å². The van der Waals surface area contributed by atoms with Crippen LogP contribution < -0.4 is 15.2 Å². The van der Waals surface area contributed by atoms with Gasteiger partial charge in [0.25, 0.3) is 5.56 Å². The van der Waals surface area contributed by atoms with Crippen molar-refractivity contribution in [1.29, 1.82) is 0 Å². The van der Waals surface area contributed by atoms with E-state index in [-0.39, 0.29) is 17.2 Å². The average Bonchev–Trinajstić information content (AvgIpc) is 3.49. The molecule has 0 N–H and O–H groups in total. The average molecular weight is 493 g/mol. The van der Waals surface area contributed by atoms with Gasteiger partial charge in [-0.25, -0.2) is 19.3 Å². The smallest absolute Gasteiger partial charge is 0.261 e. The second-order valence-electron chi connectivity index (χ2n) is 8.85. The van der Waals surface area contributed by atoms with Crippen LogP contribution >= 0.6 is 11.6 Å². The Morgan fingerprint density at radius 1 is 1.14 bits per heavy atom. The van der Waals surface area contributed by atoms with Gasteiger partial charge in [-0.3, -0.25) is 9.36 Å². The Hall–Kier alpha value is -3.59. The van der Waals surface area contributed by atoms with Crippen LogP contribution in [0.1, 0.15) is 24.5 Å². The fraction of sp³-hybridized carbons (Fsp3) is 0.320. The Labute approximate surface area is 205 Å². The Balaban J connectivity index is 1.43. The molecule has 0 amide bonds. The second-order valence-corrected chi connectivity index (χ2v) is 9.29. The molecule has 178 valence electrons. The van der Waals surface area contributed by atoms with Gasteiger partial charge < -0.3 is 9.64 Å². The summed E-state index contributed by atoms with van der Waals surface area (Å²) < 4.78 is 22.8. The first-order valence-electron chi connectivity index (χ1n) is 11.6. The number of rotatable bonds is 4. The zero-order valence-electron chi connectivity index (χ0n) is 19.0. The van der Waals surface area contributed by atoms with E-state index in [0.717, 1.165) is 12.8 Å². The van der Waals surface area contributed by atoms with E-state index in [1.807, 2.05) is 11.8 Å². The van der Waals surface area contributed by atoms with E-state index in [2.05, 4.69) is 9.97 Å². The van der Waals surface area contributed by atoms with Gasteiger partial charge in [0.2, 0.25) is 5.88 Å². The molecule has 0 radical (unpaired) electrons. The molecule has 0 bridgehead atoms. The molecular formula is C25H22ClFN6O2. The summed E-state index contributed by atoms with van der Waals surface area (Å²) in [5, 5.41) is 0.723. The number of hydrogen-bond donors (Lipinski definition) is 0. The van der Waals surface area contributed by atoms with Crippen molar-refractivity contribution in [3.63, 3.8) is 0 Å². The molecule has 5 heterocycles. The summed E-state index contributed by atoms with van der Waals surface area (Å²) >= 11 is 5.99. The number of nitrogens with zero attached hydrogens (tertiary/aromatic N) is 6. The zero-order chi connectivity index (χ0) is 24.1. The normalized spacial score (nSPS) is 17.2. The van der Waals surface area contributed by atoms with Gasteiger partial charge in [0.1, 0.15) is 40.6 Å². The van der Waals surface area contributed by atoms with Crippen molar-refractivity contribution < 1.29 is 9.13 Å². The van der Waals surface area contributed by atoms with E-state index in [0.29, 0.717) is 71.0 Å². The molecule has 1 fully saturated rings. The Morgan fingerprint density at radius 2 is 2.03 bits per heavy atom. The fourth-order valence-corrected chi connectivity index (χ4v) is 4.96. The third-order valence-corrected chi connectivity index (χ3v) is 6.72. The molecule has 4 aromatic rings. The first-order valence-corrected chi connectivity index (χ1v) is 12.0. The number of halogens is 2. The largest absolute Gasteiger partial charge is 0.472 e. The number of pyridine rings is 1. The van der Waals surface area contributed by atoms with E-state index in [9.17, 15) is 4.79 Å². The van der Waals surface area contributed by atoms with Crippen LogP contribution in [0.2, 0.25) is 5.02 Å². The van der Waals surface area contributed by atoms with Gasteiger partial charge in [0, 0.05) is 48.8 Å². The van der Waals surface area contributed by atoms with Crippen molar-refractivity contribution in [1.82, 2.24) is 24.5 Å². The van der Waals surface area contributed by atoms with Gasteiger partial charge in [-0.05, 0) is 37.6 Å². The lowest BCUT2D eigenvalue weighted by Gasteiger charge is -2.20. The summed E-state index contributed by atoms with van der Waals surface area (Å²) in [7, 11) is 0. The molecule has 0 unspecified atom stereocenters. The maximum absolute atomic E-state index is 15.0. The first kappa shape index (κ1) is 21.9. The predicted molar refractivity (Wildman–Crippen MR) is 131 cm³/mol. The number of anilines is 1. The highest BCUT2D eigenvalue weighted by Crippen LogP contribution is 2.33. The van der Waals surface area contributed by atoms with E-state index < -0.39 is 5.82 Å². The Kier molecular flexibility index (Phi) is 5.36. The maximum Gasteiger partial charge on any atom is 0.261 e. The minimum absolute atomic E-state index is 0.100. The number of aryl methyl sites for hydroxylation is 2. The van der Waals surface area contributed by atoms with Gasteiger partial charge in [-0.2, -0.15) is 4.98 Å². The van der Waals surface area contributed by atoms with Crippen molar-refractivity contribution in [2.75, 3.05) is 18.0 Å². The Morgan fingerprint density at radius 3 is 2.86 bits per heavy atom. The summed E-state index contributed by atoms with van der Waals surface area (Å²) in [5.74, 6) is 1.96. The molecule has 10 heteroatoms. The standard InChI is InChI=1S/C25H22ClFN6O2/c1-14-28-8-6-22(29-14)35-16-7-10-32(13-16)21-12-18-24(30-20-3-2-9-33(20)25(18)34)23(31-21)17-5-4-15(26)11-19(17)27/h4-6,8,11-12,16H,2-3,7,9-10,13H2,1H3/t16-/m1/s1. The van der Waals surface area contributed by atoms with Crippen molar-refractivity contribution in [2.24, 2.45) is 0 Å². The minimum atomic E-state index is -0.507. The van der Waals surface area contributed by atoms with Gasteiger partial charge >= 0.3 is 0 Å². The third kappa shape index (κ3) is 3.99. The molecule has 0 aliphatic carbocycles. The molecule has 1 atom stereocenters. The second kappa shape index (κ2) is 8.57. The highest BCUT2D eigenvalue weighted by Gasteiger charge is 2.28. The van der Waals surface area contributed by atoms with Gasteiger partial charge in [-0.1, -0.05) is 11.6 Å². The molecule has 1 aromatic carbocycles. The number of benzene rings is 1. The van der Waals surface area contributed by atoms with E-state index in [1.165, 1.54) is 6.07 Å². The predicted octanol–water partition coefficient (Wildman–Crippen LogP) is 3.95. The summed E-state index contributed by atoms with van der Waals surface area (Å²) in [5.41, 5.74) is 0.899. The molecule has 1 saturated heterocycles. The molecule has 0 spiro atoms. The van der Waals surface area contributed by atoms with Crippen LogP contribution in [-0.2, 0) is 13.0 Å². The van der Waals surface area contributed by atoms with Gasteiger partial charge in [0.15, 0.2) is 0 Å². The summed E-state index contributed by atoms with van der Waals surface area (Å²) in [6.07, 6.45) is 3.90. The van der Waals surface area contributed by atoms with Crippen LogP contribution in [-0.4, -0.2) is 43.7 Å². The SMILES string of the molecule is Cc1nccc(O[C@@H]2CCN(c3cc4c(=O)n5c(nc4c(-c4ccc(Cl)cc4F)n3)CCC5)C2)n1. The zero-order valence-corrected chi connectivity index (χ0v) is 19.8. The van der Waals surface area contributed by atoms with E-state index in [4.69, 9.17) is 26.3 Å². The van der Waals surface area contributed by atoms with Crippen molar-refractivity contribution >= 4 is 28.3 Å². The van der Waals surface area contributed by atoms with Crippen molar-refractivity contribution in [3.8, 4) is 17.1 Å². The fourth-order valence-electron chi connectivity index (χ4n) is 4.80. The molecular weight excluding hydrogens is 471 g/mol. The molecule has 3 aromatic heterocycles. The lowest BCUT2D eigenvalue weighted by Crippen LogP contribution is -2.27. The van der Waals surface area contributed by atoms with Crippen LogP contribution in [0.15, 0.2) is 41.3 Å². The molecule has 0 saturated carbocycles. The third-order valence-electron chi connectivity index (χ3n) is 6.48. The number of fused-ring (bicyclic) bond motifs is 2. The lowest BCUT2D eigenvalue weighted by atomic mass is 10.1. The van der Waals surface area contributed by atoms with Gasteiger partial charge in [-0.15, -0.1) is 0 Å². The monoisotopic (exact) mass is 492 g/mol. The van der Waals surface area contributed by atoms with Gasteiger partial charge in [0.05, 0.1) is 11.9 Å². The number of ether oxygens (including phenoxy) is 1. The topological polar surface area (TPSA) is 86.0 Å². The van der Waals surface area contributed by atoms with Crippen LogP contribution in [0.4, 0.5) is 10.2 Å². The summed E-state index contributed by atoms with van der Waals surface area (Å²) in [6, 6.07) is 7.96. The summed E-state index contributed by atoms with van der Waals surface area (Å²) in [6.45, 7) is 3.68. The highest BCUT2D eigenvalue weighted by atomic mass is 35.5. The van der Waals surface area contributed by atoms with Crippen molar-refractivity contribution in [3.05, 3.63) is 69.4 Å². The van der Waals surface area contributed by atoms with Crippen LogP contribution in [0, 0.1) is 12.7 Å². The lowest BCUT2D eigenvalue weighted by molar-refractivity contribution is 0.215. The maximum atomic E-state index is 15.0. The highest BCUT2D eigenvalue weighted by molar-refractivity contribution is 6.30.